The van der Waals surface area contributed by atoms with Crippen LogP contribution in [-0.4, -0.2) is 44.3 Å². The van der Waals surface area contributed by atoms with Crippen molar-refractivity contribution in [3.8, 4) is 0 Å². The Morgan fingerprint density at radius 3 is 1.61 bits per heavy atom. The summed E-state index contributed by atoms with van der Waals surface area (Å²) >= 11 is 0. The van der Waals surface area contributed by atoms with Crippen molar-refractivity contribution in [2.45, 2.75) is 97.3 Å². The summed E-state index contributed by atoms with van der Waals surface area (Å²) in [4.78, 5) is 28.2. The molecule has 0 bridgehead atoms. The number of amides is 2. The molecule has 0 aromatic heterocycles. The van der Waals surface area contributed by atoms with Crippen LogP contribution in [0.25, 0.3) is 0 Å². The molecule has 2 aliphatic carbocycles. The maximum absolute atomic E-state index is 12.7. The molecular weight excluding hydrogens is 392 g/mol. The summed E-state index contributed by atoms with van der Waals surface area (Å²) in [6.07, 6.45) is 4.12. The van der Waals surface area contributed by atoms with E-state index in [1.165, 1.54) is 9.80 Å². The molecule has 2 saturated carbocycles. The van der Waals surface area contributed by atoms with Gasteiger partial charge in [-0.1, -0.05) is 70.9 Å². The van der Waals surface area contributed by atoms with Gasteiger partial charge in [-0.3, -0.25) is 9.80 Å². The maximum Gasteiger partial charge on any atom is 0.409 e. The molecule has 2 aliphatic rings. The zero-order valence-electron chi connectivity index (χ0n) is 19.4. The van der Waals surface area contributed by atoms with Crippen LogP contribution in [-0.2, 0) is 0 Å². The Labute approximate surface area is 186 Å². The number of carboxylic acid groups (broad SMARTS) is 2. The van der Waals surface area contributed by atoms with Gasteiger partial charge in [0.15, 0.2) is 0 Å². The van der Waals surface area contributed by atoms with Gasteiger partial charge < -0.3 is 10.2 Å². The van der Waals surface area contributed by atoms with Crippen LogP contribution in [0.4, 0.5) is 9.59 Å². The summed E-state index contributed by atoms with van der Waals surface area (Å²) in [6, 6.07) is 8.91. The SMILES string of the molecule is CC1(C)CCCC(N(C(=O)O)C(c2ccccc2)N(C(=O)O)[C@@H]2CCCC(C)(C)C2)C1. The predicted octanol–water partition coefficient (Wildman–Crippen LogP) is 6.58. The first-order valence-corrected chi connectivity index (χ1v) is 11.6. The summed E-state index contributed by atoms with van der Waals surface area (Å²) in [7, 11) is 0. The zero-order valence-corrected chi connectivity index (χ0v) is 19.4. The fourth-order valence-electron chi connectivity index (χ4n) is 5.79. The first-order chi connectivity index (χ1) is 14.5. The molecule has 2 N–H and O–H groups in total. The Hall–Kier alpha value is -2.24. The molecule has 1 aromatic rings. The van der Waals surface area contributed by atoms with Gasteiger partial charge in [0.2, 0.25) is 0 Å². The van der Waals surface area contributed by atoms with E-state index in [4.69, 9.17) is 0 Å². The van der Waals surface area contributed by atoms with Gasteiger partial charge in [-0.15, -0.1) is 0 Å². The van der Waals surface area contributed by atoms with Crippen LogP contribution in [0.5, 0.6) is 0 Å². The number of carbonyl (C=O) groups is 2. The predicted molar refractivity (Wildman–Crippen MR) is 121 cm³/mol. The van der Waals surface area contributed by atoms with Crippen LogP contribution in [0, 0.1) is 10.8 Å². The van der Waals surface area contributed by atoms with E-state index in [1.807, 2.05) is 30.3 Å². The highest BCUT2D eigenvalue weighted by atomic mass is 16.4. The second kappa shape index (κ2) is 9.09. The summed E-state index contributed by atoms with van der Waals surface area (Å²) in [6.45, 7) is 8.70. The molecule has 2 fully saturated rings. The molecule has 172 valence electrons. The number of hydrogen-bond donors (Lipinski definition) is 2. The summed E-state index contributed by atoms with van der Waals surface area (Å²) < 4.78 is 0. The topological polar surface area (TPSA) is 81.1 Å². The Bertz CT molecular complexity index is 731. The van der Waals surface area contributed by atoms with Crippen molar-refractivity contribution in [3.63, 3.8) is 0 Å². The van der Waals surface area contributed by atoms with Crippen LogP contribution >= 0.6 is 0 Å². The second-order valence-corrected chi connectivity index (χ2v) is 11.0. The van der Waals surface area contributed by atoms with Crippen LogP contribution in [0.3, 0.4) is 0 Å². The minimum atomic E-state index is -1.04. The standard InChI is InChI=1S/C25H38N2O4/c1-24(2)14-8-12-19(16-24)26(22(28)29)21(18-10-6-5-7-11-18)27(23(30)31)20-13-9-15-25(3,4)17-20/h5-7,10-11,19-21H,8-9,12-17H2,1-4H3,(H,28,29)(H,30,31)/t19-,20?,21?/m1/s1. The van der Waals surface area contributed by atoms with Crippen LogP contribution < -0.4 is 0 Å². The van der Waals surface area contributed by atoms with Crippen molar-refractivity contribution in [2.24, 2.45) is 10.8 Å². The van der Waals surface area contributed by atoms with Gasteiger partial charge in [-0.2, -0.15) is 0 Å². The highest BCUT2D eigenvalue weighted by Gasteiger charge is 2.45. The van der Waals surface area contributed by atoms with E-state index < -0.39 is 18.4 Å². The molecule has 0 heterocycles. The summed E-state index contributed by atoms with van der Waals surface area (Å²) in [5, 5.41) is 20.7. The van der Waals surface area contributed by atoms with Crippen LogP contribution in [0.1, 0.15) is 90.8 Å². The minimum Gasteiger partial charge on any atom is -0.465 e. The largest absolute Gasteiger partial charge is 0.465 e. The van der Waals surface area contributed by atoms with Gasteiger partial charge in [0, 0.05) is 12.1 Å². The van der Waals surface area contributed by atoms with Crippen molar-refractivity contribution >= 4 is 12.2 Å². The molecule has 6 heteroatoms. The van der Waals surface area contributed by atoms with E-state index in [9.17, 15) is 19.8 Å². The third-order valence-corrected chi connectivity index (χ3v) is 7.21. The van der Waals surface area contributed by atoms with E-state index in [-0.39, 0.29) is 22.9 Å². The highest BCUT2D eigenvalue weighted by molar-refractivity contribution is 5.70. The maximum atomic E-state index is 12.7. The summed E-state index contributed by atoms with van der Waals surface area (Å²) in [5.74, 6) is 0. The lowest BCUT2D eigenvalue weighted by atomic mass is 9.74. The van der Waals surface area contributed by atoms with Crippen LogP contribution in [0.15, 0.2) is 30.3 Å². The molecule has 3 rings (SSSR count). The lowest BCUT2D eigenvalue weighted by Gasteiger charge is -2.49. The first-order valence-electron chi connectivity index (χ1n) is 11.6. The molecule has 0 spiro atoms. The minimum absolute atomic E-state index is 0.0404. The van der Waals surface area contributed by atoms with Gasteiger partial charge in [0.05, 0.1) is 0 Å². The fourth-order valence-corrected chi connectivity index (χ4v) is 5.79. The van der Waals surface area contributed by atoms with E-state index in [0.29, 0.717) is 0 Å². The van der Waals surface area contributed by atoms with Crippen molar-refractivity contribution < 1.29 is 19.8 Å². The third kappa shape index (κ3) is 5.52. The molecule has 0 aliphatic heterocycles. The molecule has 1 aromatic carbocycles. The van der Waals surface area contributed by atoms with Crippen LogP contribution in [0.2, 0.25) is 0 Å². The van der Waals surface area contributed by atoms with Gasteiger partial charge >= 0.3 is 12.2 Å². The monoisotopic (exact) mass is 430 g/mol. The average molecular weight is 431 g/mol. The Morgan fingerprint density at radius 1 is 0.839 bits per heavy atom. The summed E-state index contributed by atoms with van der Waals surface area (Å²) in [5.41, 5.74) is 0.802. The van der Waals surface area contributed by atoms with Gasteiger partial charge in [0.25, 0.3) is 0 Å². The molecule has 6 nitrogen and oxygen atoms in total. The third-order valence-electron chi connectivity index (χ3n) is 7.21. The lowest BCUT2D eigenvalue weighted by molar-refractivity contribution is -0.0303. The van der Waals surface area contributed by atoms with Gasteiger partial charge in [-0.25, -0.2) is 9.59 Å². The Morgan fingerprint density at radius 2 is 1.26 bits per heavy atom. The van der Waals surface area contributed by atoms with Crippen molar-refractivity contribution in [1.82, 2.24) is 9.80 Å². The number of nitrogens with zero attached hydrogens (tertiary/aromatic N) is 2. The van der Waals surface area contributed by atoms with Crippen molar-refractivity contribution in [3.05, 3.63) is 35.9 Å². The van der Waals surface area contributed by atoms with Gasteiger partial charge in [0.1, 0.15) is 6.17 Å². The van der Waals surface area contributed by atoms with E-state index >= 15 is 0 Å². The molecule has 2 amide bonds. The average Bonchev–Trinajstić information content (AvgIpc) is 2.66. The molecular formula is C25H38N2O4. The number of rotatable bonds is 5. The lowest BCUT2D eigenvalue weighted by Crippen LogP contribution is -2.56. The molecule has 0 radical (unpaired) electrons. The smallest absolute Gasteiger partial charge is 0.409 e. The van der Waals surface area contributed by atoms with E-state index in [1.54, 1.807) is 0 Å². The molecule has 0 saturated heterocycles. The zero-order chi connectivity index (χ0) is 22.8. The second-order valence-electron chi connectivity index (χ2n) is 11.0. The Kier molecular flexibility index (Phi) is 6.87. The normalized spacial score (nSPS) is 25.9. The first kappa shape index (κ1) is 23.4. The van der Waals surface area contributed by atoms with E-state index in [2.05, 4.69) is 27.7 Å². The number of benzene rings is 1. The quantitative estimate of drug-likeness (QED) is 0.517. The van der Waals surface area contributed by atoms with Crippen molar-refractivity contribution in [1.29, 1.82) is 0 Å². The van der Waals surface area contributed by atoms with Gasteiger partial charge in [-0.05, 0) is 54.9 Å². The van der Waals surface area contributed by atoms with Crippen molar-refractivity contribution in [2.75, 3.05) is 0 Å². The number of hydrogen-bond acceptors (Lipinski definition) is 2. The molecule has 2 unspecified atom stereocenters. The Balaban J connectivity index is 2.07. The van der Waals surface area contributed by atoms with E-state index in [0.717, 1.165) is 56.9 Å². The fraction of sp³-hybridized carbons (Fsp3) is 0.680. The highest BCUT2D eigenvalue weighted by Crippen LogP contribution is 2.44. The molecule has 3 atom stereocenters. The molecule has 31 heavy (non-hydrogen) atoms.